The molecule has 1 aliphatic heterocycles. The molecule has 1 aliphatic rings. The molecule has 0 saturated carbocycles. The first-order chi connectivity index (χ1) is 17.6. The SMILES string of the molecule is CCOc1ccc(CC(=O)Nc2ccc3c(c2)N(CCCOc2ccc(CC)cc2)C(=O)CO3)cc1. The molecule has 0 fully saturated rings. The Balaban J connectivity index is 1.34. The van der Waals surface area contributed by atoms with Crippen LogP contribution in [0.3, 0.4) is 0 Å². The molecule has 0 unspecified atom stereocenters. The molecule has 0 aromatic heterocycles. The highest BCUT2D eigenvalue weighted by molar-refractivity contribution is 5.99. The van der Waals surface area contributed by atoms with E-state index < -0.39 is 0 Å². The first kappa shape index (κ1) is 25.1. The Labute approximate surface area is 212 Å². The van der Waals surface area contributed by atoms with E-state index in [0.717, 1.165) is 23.5 Å². The van der Waals surface area contributed by atoms with Crippen LogP contribution in [0.2, 0.25) is 0 Å². The Morgan fingerprint density at radius 3 is 2.33 bits per heavy atom. The van der Waals surface area contributed by atoms with Gasteiger partial charge in [0.05, 0.1) is 25.3 Å². The zero-order valence-corrected chi connectivity index (χ0v) is 20.8. The third-order valence-electron chi connectivity index (χ3n) is 5.91. The average Bonchev–Trinajstić information content (AvgIpc) is 2.89. The number of carbonyl (C=O) groups excluding carboxylic acids is 2. The monoisotopic (exact) mass is 488 g/mol. The van der Waals surface area contributed by atoms with Crippen molar-refractivity contribution in [2.24, 2.45) is 0 Å². The van der Waals surface area contributed by atoms with Gasteiger partial charge in [-0.25, -0.2) is 0 Å². The summed E-state index contributed by atoms with van der Waals surface area (Å²) in [6.07, 6.45) is 1.89. The van der Waals surface area contributed by atoms with E-state index in [1.165, 1.54) is 5.56 Å². The topological polar surface area (TPSA) is 77.1 Å². The Bertz CT molecular complexity index is 1180. The molecule has 3 aromatic carbocycles. The number of amides is 2. The number of carbonyl (C=O) groups is 2. The van der Waals surface area contributed by atoms with Crippen LogP contribution in [0.1, 0.15) is 31.4 Å². The maximum atomic E-state index is 12.6. The van der Waals surface area contributed by atoms with Gasteiger partial charge in [0.1, 0.15) is 17.2 Å². The second-order valence-corrected chi connectivity index (χ2v) is 8.52. The lowest BCUT2D eigenvalue weighted by atomic mass is 10.1. The minimum absolute atomic E-state index is 0.00418. The molecular weight excluding hydrogens is 456 g/mol. The second-order valence-electron chi connectivity index (χ2n) is 8.52. The van der Waals surface area contributed by atoms with Gasteiger partial charge in [0, 0.05) is 12.2 Å². The predicted octanol–water partition coefficient (Wildman–Crippen LogP) is 5.02. The molecule has 188 valence electrons. The van der Waals surface area contributed by atoms with E-state index in [1.807, 2.05) is 43.3 Å². The van der Waals surface area contributed by atoms with Crippen molar-refractivity contribution in [3.8, 4) is 17.2 Å². The van der Waals surface area contributed by atoms with E-state index in [4.69, 9.17) is 14.2 Å². The van der Waals surface area contributed by atoms with Crippen molar-refractivity contribution < 1.29 is 23.8 Å². The summed E-state index contributed by atoms with van der Waals surface area (Å²) in [6.45, 7) is 5.62. The molecule has 0 radical (unpaired) electrons. The third kappa shape index (κ3) is 6.56. The molecule has 0 atom stereocenters. The number of hydrogen-bond acceptors (Lipinski definition) is 5. The van der Waals surface area contributed by atoms with Crippen LogP contribution in [-0.4, -0.2) is 38.2 Å². The molecule has 1 N–H and O–H groups in total. The fourth-order valence-corrected chi connectivity index (χ4v) is 4.02. The van der Waals surface area contributed by atoms with E-state index in [9.17, 15) is 9.59 Å². The van der Waals surface area contributed by atoms with Gasteiger partial charge in [-0.1, -0.05) is 31.2 Å². The second kappa shape index (κ2) is 12.1. The van der Waals surface area contributed by atoms with Crippen LogP contribution in [0.25, 0.3) is 0 Å². The summed E-state index contributed by atoms with van der Waals surface area (Å²) in [5.74, 6) is 1.96. The highest BCUT2D eigenvalue weighted by atomic mass is 16.5. The van der Waals surface area contributed by atoms with Crippen LogP contribution in [0.4, 0.5) is 11.4 Å². The average molecular weight is 489 g/mol. The van der Waals surface area contributed by atoms with Crippen LogP contribution in [-0.2, 0) is 22.4 Å². The number of ether oxygens (including phenoxy) is 3. The van der Waals surface area contributed by atoms with E-state index in [0.29, 0.717) is 43.3 Å². The van der Waals surface area contributed by atoms with Crippen molar-refractivity contribution in [2.75, 3.05) is 36.6 Å². The van der Waals surface area contributed by atoms with Crippen molar-refractivity contribution in [1.29, 1.82) is 0 Å². The summed E-state index contributed by atoms with van der Waals surface area (Å²) in [5.41, 5.74) is 3.41. The Hall–Kier alpha value is -4.00. The summed E-state index contributed by atoms with van der Waals surface area (Å²) in [5, 5.41) is 2.93. The molecule has 7 nitrogen and oxygen atoms in total. The normalized spacial score (nSPS) is 12.5. The van der Waals surface area contributed by atoms with E-state index >= 15 is 0 Å². The number of anilines is 2. The molecule has 36 heavy (non-hydrogen) atoms. The smallest absolute Gasteiger partial charge is 0.265 e. The van der Waals surface area contributed by atoms with Crippen LogP contribution < -0.4 is 24.4 Å². The summed E-state index contributed by atoms with van der Waals surface area (Å²) in [4.78, 5) is 26.9. The van der Waals surface area contributed by atoms with Gasteiger partial charge in [0.25, 0.3) is 5.91 Å². The zero-order chi connectivity index (χ0) is 25.3. The Kier molecular flexibility index (Phi) is 8.44. The molecule has 0 spiro atoms. The molecular formula is C29H32N2O5. The van der Waals surface area contributed by atoms with Crippen LogP contribution in [0.15, 0.2) is 66.7 Å². The fourth-order valence-electron chi connectivity index (χ4n) is 4.02. The van der Waals surface area contributed by atoms with Gasteiger partial charge in [-0.2, -0.15) is 0 Å². The molecule has 0 saturated heterocycles. The minimum Gasteiger partial charge on any atom is -0.494 e. The maximum absolute atomic E-state index is 12.6. The lowest BCUT2D eigenvalue weighted by molar-refractivity contribution is -0.121. The lowest BCUT2D eigenvalue weighted by Gasteiger charge is -2.30. The number of fused-ring (bicyclic) bond motifs is 1. The van der Waals surface area contributed by atoms with E-state index in [2.05, 4.69) is 24.4 Å². The molecule has 7 heteroatoms. The lowest BCUT2D eigenvalue weighted by Crippen LogP contribution is -2.39. The van der Waals surface area contributed by atoms with Crippen LogP contribution in [0, 0.1) is 0 Å². The number of nitrogens with zero attached hydrogens (tertiary/aromatic N) is 1. The predicted molar refractivity (Wildman–Crippen MR) is 140 cm³/mol. The van der Waals surface area contributed by atoms with Crippen LogP contribution >= 0.6 is 0 Å². The number of aryl methyl sites for hydroxylation is 1. The highest BCUT2D eigenvalue weighted by Gasteiger charge is 2.25. The standard InChI is InChI=1S/C29H32N2O5/c1-3-21-6-11-25(12-7-21)35-17-5-16-31-26-19-23(10-15-27(26)36-20-29(31)33)30-28(32)18-22-8-13-24(14-9-22)34-4-2/h6-15,19H,3-5,16-18,20H2,1-2H3,(H,30,32). The van der Waals surface area contributed by atoms with Crippen molar-refractivity contribution in [3.63, 3.8) is 0 Å². The molecule has 2 amide bonds. The molecule has 0 bridgehead atoms. The van der Waals surface area contributed by atoms with Crippen molar-refractivity contribution in [2.45, 2.75) is 33.1 Å². The van der Waals surface area contributed by atoms with E-state index in [-0.39, 0.29) is 24.8 Å². The number of hydrogen-bond donors (Lipinski definition) is 1. The third-order valence-corrected chi connectivity index (χ3v) is 5.91. The van der Waals surface area contributed by atoms with Gasteiger partial charge >= 0.3 is 0 Å². The van der Waals surface area contributed by atoms with Crippen LogP contribution in [0.5, 0.6) is 17.2 Å². The van der Waals surface area contributed by atoms with Crippen molar-refractivity contribution in [1.82, 2.24) is 0 Å². The van der Waals surface area contributed by atoms with Gasteiger partial charge < -0.3 is 24.4 Å². The van der Waals surface area contributed by atoms with Gasteiger partial charge in [0.2, 0.25) is 5.91 Å². The van der Waals surface area contributed by atoms with E-state index in [1.54, 1.807) is 23.1 Å². The molecule has 3 aromatic rings. The van der Waals surface area contributed by atoms with Gasteiger partial charge in [-0.15, -0.1) is 0 Å². The fraction of sp³-hybridized carbons (Fsp3) is 0.310. The molecule has 0 aliphatic carbocycles. The van der Waals surface area contributed by atoms with Crippen molar-refractivity contribution >= 4 is 23.2 Å². The summed E-state index contributed by atoms with van der Waals surface area (Å²) in [7, 11) is 0. The van der Waals surface area contributed by atoms with Gasteiger partial charge in [0.15, 0.2) is 6.61 Å². The van der Waals surface area contributed by atoms with Gasteiger partial charge in [-0.05, 0) is 73.4 Å². The summed E-state index contributed by atoms with van der Waals surface area (Å²) in [6, 6.07) is 20.9. The van der Waals surface area contributed by atoms with Crippen molar-refractivity contribution in [3.05, 3.63) is 77.9 Å². The number of rotatable bonds is 11. The first-order valence-corrected chi connectivity index (χ1v) is 12.4. The Morgan fingerprint density at radius 1 is 0.944 bits per heavy atom. The molecule has 4 rings (SSSR count). The summed E-state index contributed by atoms with van der Waals surface area (Å²) < 4.78 is 16.9. The molecule has 1 heterocycles. The first-order valence-electron chi connectivity index (χ1n) is 12.4. The number of benzene rings is 3. The Morgan fingerprint density at radius 2 is 1.64 bits per heavy atom. The largest absolute Gasteiger partial charge is 0.494 e. The number of nitrogens with one attached hydrogen (secondary N) is 1. The quantitative estimate of drug-likeness (QED) is 0.384. The zero-order valence-electron chi connectivity index (χ0n) is 20.8. The highest BCUT2D eigenvalue weighted by Crippen LogP contribution is 2.34. The maximum Gasteiger partial charge on any atom is 0.265 e. The van der Waals surface area contributed by atoms with Gasteiger partial charge in [-0.3, -0.25) is 9.59 Å². The summed E-state index contributed by atoms with van der Waals surface area (Å²) >= 11 is 0. The minimum atomic E-state index is -0.142.